The molecule has 1 aromatic rings. The predicted octanol–water partition coefficient (Wildman–Crippen LogP) is -1.17. The summed E-state index contributed by atoms with van der Waals surface area (Å²) in [4.78, 5) is 0.0683. The van der Waals surface area contributed by atoms with Crippen molar-refractivity contribution < 1.29 is 18.5 Å². The van der Waals surface area contributed by atoms with Gasteiger partial charge in [0.2, 0.25) is 10.0 Å². The van der Waals surface area contributed by atoms with E-state index >= 15 is 0 Å². The van der Waals surface area contributed by atoms with E-state index in [1.165, 1.54) is 30.3 Å². The van der Waals surface area contributed by atoms with Gasteiger partial charge in [0, 0.05) is 6.54 Å². The molecule has 0 aliphatic carbocycles. The van der Waals surface area contributed by atoms with Gasteiger partial charge in [0.15, 0.2) is 0 Å². The van der Waals surface area contributed by atoms with Crippen LogP contribution in [-0.4, -0.2) is 32.1 Å². The van der Waals surface area contributed by atoms with Crippen molar-refractivity contribution in [3.63, 3.8) is 0 Å². The Morgan fingerprint density at radius 2 is 1.88 bits per heavy atom. The van der Waals surface area contributed by atoms with E-state index in [0.29, 0.717) is 0 Å². The van der Waals surface area contributed by atoms with Crippen molar-refractivity contribution in [1.29, 1.82) is 0 Å². The van der Waals surface area contributed by atoms with Crippen molar-refractivity contribution in [2.75, 3.05) is 6.54 Å². The molecule has 0 aromatic heterocycles. The van der Waals surface area contributed by atoms with Gasteiger partial charge in [-0.3, -0.25) is 0 Å². The highest BCUT2D eigenvalue weighted by Crippen LogP contribution is 2.05. The highest BCUT2D eigenvalue weighted by atomic mass is 32.2. The molecule has 86 valence electrons. The van der Waals surface area contributed by atoms with Crippen LogP contribution in [0, 0.1) is 0 Å². The minimum Gasteiger partial charge on any atom is -0.423 e. The number of nitrogens with one attached hydrogen (secondary N) is 1. The number of rotatable bonds is 5. The van der Waals surface area contributed by atoms with Crippen LogP contribution in [-0.2, 0) is 10.0 Å². The maximum atomic E-state index is 11.6. The van der Waals surface area contributed by atoms with E-state index in [-0.39, 0.29) is 16.9 Å². The normalized spacial score (nSPS) is 11.1. The Balaban J connectivity index is 2.93. The van der Waals surface area contributed by atoms with Crippen LogP contribution >= 0.6 is 0 Å². The predicted molar refractivity (Wildman–Crippen MR) is 61.7 cm³/mol. The lowest BCUT2D eigenvalue weighted by Crippen LogP contribution is -2.30. The van der Waals surface area contributed by atoms with Crippen LogP contribution in [0.5, 0.6) is 0 Å². The molecular formula is C9H12BNO4S. The summed E-state index contributed by atoms with van der Waals surface area (Å²) in [5.74, 6) is 0. The summed E-state index contributed by atoms with van der Waals surface area (Å²) in [5, 5.41) is 17.7. The zero-order valence-electron chi connectivity index (χ0n) is 8.50. The van der Waals surface area contributed by atoms with Crippen molar-refractivity contribution in [2.45, 2.75) is 4.90 Å². The first kappa shape index (κ1) is 12.9. The monoisotopic (exact) mass is 241 g/mol. The third-order valence-corrected chi connectivity index (χ3v) is 3.35. The zero-order valence-corrected chi connectivity index (χ0v) is 9.31. The molecule has 0 radical (unpaired) electrons. The van der Waals surface area contributed by atoms with Crippen LogP contribution in [0.25, 0.3) is 0 Å². The van der Waals surface area contributed by atoms with Crippen molar-refractivity contribution in [3.8, 4) is 0 Å². The van der Waals surface area contributed by atoms with E-state index in [1.807, 2.05) is 0 Å². The molecule has 0 spiro atoms. The number of hydrogen-bond donors (Lipinski definition) is 3. The molecule has 3 N–H and O–H groups in total. The van der Waals surface area contributed by atoms with Gasteiger partial charge >= 0.3 is 7.12 Å². The highest BCUT2D eigenvalue weighted by molar-refractivity contribution is 7.89. The molecule has 0 unspecified atom stereocenters. The van der Waals surface area contributed by atoms with Gasteiger partial charge in [-0.05, 0) is 17.6 Å². The fraction of sp³-hybridized carbons (Fsp3) is 0.111. The summed E-state index contributed by atoms with van der Waals surface area (Å²) in [5.41, 5.74) is 0.239. The Bertz CT molecular complexity index is 455. The topological polar surface area (TPSA) is 86.6 Å². The average molecular weight is 241 g/mol. The van der Waals surface area contributed by atoms with Crippen molar-refractivity contribution in [3.05, 3.63) is 36.9 Å². The molecule has 0 atom stereocenters. The molecule has 0 amide bonds. The zero-order chi connectivity index (χ0) is 12.2. The Hall–Kier alpha value is -1.15. The molecule has 0 fully saturated rings. The van der Waals surface area contributed by atoms with Crippen molar-refractivity contribution >= 4 is 22.6 Å². The lowest BCUT2D eigenvalue weighted by atomic mass is 9.81. The van der Waals surface area contributed by atoms with E-state index < -0.39 is 17.1 Å². The van der Waals surface area contributed by atoms with Gasteiger partial charge in [-0.2, -0.15) is 0 Å². The second kappa shape index (κ2) is 5.26. The molecule has 1 aromatic carbocycles. The molecular weight excluding hydrogens is 229 g/mol. The molecule has 16 heavy (non-hydrogen) atoms. The SMILES string of the molecule is C=CCNS(=O)(=O)c1ccc(B(O)O)cc1. The Labute approximate surface area is 94.6 Å². The first-order valence-corrected chi connectivity index (χ1v) is 6.02. The summed E-state index contributed by atoms with van der Waals surface area (Å²) < 4.78 is 25.5. The van der Waals surface area contributed by atoms with Gasteiger partial charge in [-0.15, -0.1) is 6.58 Å². The van der Waals surface area contributed by atoms with Gasteiger partial charge in [0.1, 0.15) is 0 Å². The van der Waals surface area contributed by atoms with Gasteiger partial charge in [0.25, 0.3) is 0 Å². The second-order valence-electron chi connectivity index (χ2n) is 3.08. The number of sulfonamides is 1. The molecule has 0 bridgehead atoms. The van der Waals surface area contributed by atoms with Crippen LogP contribution in [0.1, 0.15) is 0 Å². The minimum atomic E-state index is -3.55. The summed E-state index contributed by atoms with van der Waals surface area (Å²) in [6.45, 7) is 3.55. The standard InChI is InChI=1S/C9H12BNO4S/c1-2-7-11-16(14,15)9-5-3-8(4-6-9)10(12)13/h2-6,11-13H,1,7H2. The van der Waals surface area contributed by atoms with Crippen LogP contribution < -0.4 is 10.2 Å². The number of benzene rings is 1. The maximum absolute atomic E-state index is 11.6. The van der Waals surface area contributed by atoms with Crippen LogP contribution in [0.15, 0.2) is 41.8 Å². The largest absolute Gasteiger partial charge is 0.488 e. The Morgan fingerprint density at radius 3 is 2.31 bits per heavy atom. The second-order valence-corrected chi connectivity index (χ2v) is 4.85. The number of hydrogen-bond acceptors (Lipinski definition) is 4. The van der Waals surface area contributed by atoms with Gasteiger partial charge in [0.05, 0.1) is 4.90 Å². The molecule has 1 rings (SSSR count). The van der Waals surface area contributed by atoms with E-state index in [9.17, 15) is 8.42 Å². The summed E-state index contributed by atoms with van der Waals surface area (Å²) in [7, 11) is -5.15. The summed E-state index contributed by atoms with van der Waals surface area (Å²) in [6, 6.07) is 5.29. The summed E-state index contributed by atoms with van der Waals surface area (Å²) >= 11 is 0. The third kappa shape index (κ3) is 3.17. The third-order valence-electron chi connectivity index (χ3n) is 1.91. The molecule has 7 heteroatoms. The smallest absolute Gasteiger partial charge is 0.423 e. The molecule has 0 heterocycles. The molecule has 0 aliphatic rings. The molecule has 0 aliphatic heterocycles. The van der Waals surface area contributed by atoms with E-state index in [0.717, 1.165) is 0 Å². The van der Waals surface area contributed by atoms with Gasteiger partial charge in [-0.1, -0.05) is 18.2 Å². The van der Waals surface area contributed by atoms with Crippen LogP contribution in [0.4, 0.5) is 0 Å². The van der Waals surface area contributed by atoms with Crippen LogP contribution in [0.2, 0.25) is 0 Å². The Kier molecular flexibility index (Phi) is 4.25. The first-order valence-electron chi connectivity index (χ1n) is 4.54. The highest BCUT2D eigenvalue weighted by Gasteiger charge is 2.15. The fourth-order valence-corrected chi connectivity index (χ4v) is 2.07. The fourth-order valence-electron chi connectivity index (χ4n) is 1.07. The van der Waals surface area contributed by atoms with Gasteiger partial charge < -0.3 is 10.0 Å². The van der Waals surface area contributed by atoms with E-state index in [4.69, 9.17) is 10.0 Å². The van der Waals surface area contributed by atoms with Crippen molar-refractivity contribution in [1.82, 2.24) is 4.72 Å². The minimum absolute atomic E-state index is 0.0683. The van der Waals surface area contributed by atoms with E-state index in [2.05, 4.69) is 11.3 Å². The quantitative estimate of drug-likeness (QED) is 0.448. The molecule has 0 saturated carbocycles. The van der Waals surface area contributed by atoms with Crippen molar-refractivity contribution in [2.24, 2.45) is 0 Å². The van der Waals surface area contributed by atoms with Gasteiger partial charge in [-0.25, -0.2) is 13.1 Å². The lowest BCUT2D eigenvalue weighted by molar-refractivity contribution is 0.425. The average Bonchev–Trinajstić information content (AvgIpc) is 2.26. The van der Waals surface area contributed by atoms with Crippen LogP contribution in [0.3, 0.4) is 0 Å². The first-order chi connectivity index (χ1) is 7.47. The maximum Gasteiger partial charge on any atom is 0.488 e. The summed E-state index contributed by atoms with van der Waals surface area (Å²) in [6.07, 6.45) is 1.43. The lowest BCUT2D eigenvalue weighted by Gasteiger charge is -2.05. The molecule has 5 nitrogen and oxygen atoms in total. The molecule has 0 saturated heterocycles. The Morgan fingerprint density at radius 1 is 1.31 bits per heavy atom. The van der Waals surface area contributed by atoms with E-state index in [1.54, 1.807) is 0 Å².